The molecule has 0 amide bonds. The lowest BCUT2D eigenvalue weighted by Crippen LogP contribution is -2.65. The molecular weight excluding hydrogens is 236 g/mol. The molecule has 6 heteroatoms. The molecule has 6 nitrogen and oxygen atoms in total. The highest BCUT2D eigenvalue weighted by Crippen LogP contribution is 2.11. The van der Waals surface area contributed by atoms with Gasteiger partial charge in [0, 0.05) is 6.04 Å². The van der Waals surface area contributed by atoms with Crippen molar-refractivity contribution >= 4 is 11.9 Å². The van der Waals surface area contributed by atoms with Crippen molar-refractivity contribution < 1.29 is 19.4 Å². The lowest BCUT2D eigenvalue weighted by atomic mass is 9.93. The monoisotopic (exact) mass is 252 g/mol. The topological polar surface area (TPSA) is 116 Å². The normalized spacial score (nSPS) is 15.5. The first-order chi connectivity index (χ1) is 8.39. The van der Waals surface area contributed by atoms with E-state index in [2.05, 4.69) is 0 Å². The Morgan fingerprint density at radius 2 is 1.94 bits per heavy atom. The van der Waals surface area contributed by atoms with Crippen LogP contribution < -0.4 is 11.5 Å². The summed E-state index contributed by atoms with van der Waals surface area (Å²) in [6, 6.07) is 7.82. The van der Waals surface area contributed by atoms with E-state index in [9.17, 15) is 9.59 Å². The molecule has 98 valence electrons. The van der Waals surface area contributed by atoms with E-state index in [1.54, 1.807) is 24.3 Å². The predicted octanol–water partition coefficient (Wildman–Crippen LogP) is -0.141. The number of benzene rings is 1. The number of hydrogen-bond donors (Lipinski definition) is 3. The molecule has 0 radical (unpaired) electrons. The highest BCUT2D eigenvalue weighted by atomic mass is 16.5. The summed E-state index contributed by atoms with van der Waals surface area (Å²) in [6.07, 6.45) is 0. The van der Waals surface area contributed by atoms with Crippen LogP contribution in [0.2, 0.25) is 0 Å². The first-order valence-electron chi connectivity index (χ1n) is 5.38. The summed E-state index contributed by atoms with van der Waals surface area (Å²) in [7, 11) is 0. The molecule has 5 N–H and O–H groups in total. The van der Waals surface area contributed by atoms with E-state index in [0.29, 0.717) is 0 Å². The van der Waals surface area contributed by atoms with Gasteiger partial charge in [-0.05, 0) is 12.5 Å². The second-order valence-electron chi connectivity index (χ2n) is 4.02. The van der Waals surface area contributed by atoms with Crippen LogP contribution in [0.4, 0.5) is 0 Å². The van der Waals surface area contributed by atoms with Crippen LogP contribution in [-0.2, 0) is 20.9 Å². The number of carboxylic acid groups (broad SMARTS) is 1. The van der Waals surface area contributed by atoms with Gasteiger partial charge in [0.1, 0.15) is 6.61 Å². The minimum atomic E-state index is -2.23. The molecule has 0 saturated heterocycles. The van der Waals surface area contributed by atoms with Crippen LogP contribution in [0.1, 0.15) is 12.5 Å². The number of carboxylic acids is 1. The van der Waals surface area contributed by atoms with Crippen LogP contribution in [-0.4, -0.2) is 28.6 Å². The fraction of sp³-hybridized carbons (Fsp3) is 0.333. The number of carbonyl (C=O) groups excluding carboxylic acids is 1. The third kappa shape index (κ3) is 2.85. The highest BCUT2D eigenvalue weighted by molar-refractivity contribution is 6.04. The van der Waals surface area contributed by atoms with Crippen LogP contribution in [0.3, 0.4) is 0 Å². The third-order valence-electron chi connectivity index (χ3n) is 2.62. The average molecular weight is 252 g/mol. The Labute approximate surface area is 105 Å². The van der Waals surface area contributed by atoms with Crippen molar-refractivity contribution in [1.82, 2.24) is 0 Å². The Morgan fingerprint density at radius 1 is 1.39 bits per heavy atom. The summed E-state index contributed by atoms with van der Waals surface area (Å²) in [4.78, 5) is 22.7. The molecule has 1 rings (SSSR count). The molecule has 0 aliphatic heterocycles. The van der Waals surface area contributed by atoms with Gasteiger partial charge in [0.2, 0.25) is 5.54 Å². The number of esters is 1. The van der Waals surface area contributed by atoms with Gasteiger partial charge in [0.15, 0.2) is 0 Å². The average Bonchev–Trinajstić information content (AvgIpc) is 2.35. The van der Waals surface area contributed by atoms with E-state index in [1.165, 1.54) is 6.92 Å². The summed E-state index contributed by atoms with van der Waals surface area (Å²) in [5, 5.41) is 8.96. The third-order valence-corrected chi connectivity index (χ3v) is 2.62. The van der Waals surface area contributed by atoms with Crippen LogP contribution in [0.15, 0.2) is 30.3 Å². The molecule has 18 heavy (non-hydrogen) atoms. The molecule has 1 aromatic rings. The van der Waals surface area contributed by atoms with Crippen LogP contribution >= 0.6 is 0 Å². The fourth-order valence-electron chi connectivity index (χ4n) is 1.31. The van der Waals surface area contributed by atoms with Gasteiger partial charge in [-0.2, -0.15) is 0 Å². The summed E-state index contributed by atoms with van der Waals surface area (Å²) < 4.78 is 4.89. The smallest absolute Gasteiger partial charge is 0.339 e. The Bertz CT molecular complexity index is 433. The lowest BCUT2D eigenvalue weighted by Gasteiger charge is -2.26. The van der Waals surface area contributed by atoms with Gasteiger partial charge in [0.25, 0.3) is 0 Å². The van der Waals surface area contributed by atoms with Gasteiger partial charge in [-0.25, -0.2) is 9.59 Å². The Hall–Kier alpha value is -1.92. The molecule has 0 aromatic heterocycles. The number of rotatable bonds is 5. The zero-order chi connectivity index (χ0) is 13.8. The van der Waals surface area contributed by atoms with Gasteiger partial charge in [-0.15, -0.1) is 0 Å². The lowest BCUT2D eigenvalue weighted by molar-refractivity contribution is -0.162. The van der Waals surface area contributed by atoms with Gasteiger partial charge >= 0.3 is 11.9 Å². The minimum absolute atomic E-state index is 0.0430. The summed E-state index contributed by atoms with van der Waals surface area (Å²) in [5.41, 5.74) is 9.44. The van der Waals surface area contributed by atoms with E-state index in [0.717, 1.165) is 5.56 Å². The molecule has 0 saturated carbocycles. The highest BCUT2D eigenvalue weighted by Gasteiger charge is 2.47. The molecule has 0 spiro atoms. The number of carbonyl (C=O) groups is 2. The quantitative estimate of drug-likeness (QED) is 0.496. The standard InChI is InChI=1S/C12H16N2O4/c1-8(13)12(14,10(15)16)11(17)18-7-9-5-3-2-4-6-9/h2-6,8H,7,13-14H2,1H3,(H,15,16). The first-order valence-corrected chi connectivity index (χ1v) is 5.38. The molecule has 0 bridgehead atoms. The molecule has 0 fully saturated rings. The summed E-state index contributed by atoms with van der Waals surface area (Å²) in [5.74, 6) is -2.55. The van der Waals surface area contributed by atoms with Gasteiger partial charge in [-0.1, -0.05) is 30.3 Å². The summed E-state index contributed by atoms with van der Waals surface area (Å²) in [6.45, 7) is 1.30. The number of aliphatic carboxylic acids is 1. The molecule has 2 atom stereocenters. The fourth-order valence-corrected chi connectivity index (χ4v) is 1.31. The molecule has 1 aromatic carbocycles. The van der Waals surface area contributed by atoms with Crippen molar-refractivity contribution in [2.24, 2.45) is 11.5 Å². The van der Waals surface area contributed by atoms with E-state index >= 15 is 0 Å². The second kappa shape index (κ2) is 5.61. The predicted molar refractivity (Wildman–Crippen MR) is 64.4 cm³/mol. The van der Waals surface area contributed by atoms with Gasteiger partial charge < -0.3 is 21.3 Å². The SMILES string of the molecule is CC(N)C(N)(C(=O)O)C(=O)OCc1ccccc1. The van der Waals surface area contributed by atoms with Crippen molar-refractivity contribution in [3.8, 4) is 0 Å². The molecule has 0 aliphatic rings. The maximum absolute atomic E-state index is 11.7. The van der Waals surface area contributed by atoms with Crippen molar-refractivity contribution in [3.05, 3.63) is 35.9 Å². The Morgan fingerprint density at radius 3 is 2.39 bits per heavy atom. The van der Waals surface area contributed by atoms with E-state index < -0.39 is 23.5 Å². The number of nitrogens with two attached hydrogens (primary N) is 2. The number of ether oxygens (including phenoxy) is 1. The Kier molecular flexibility index (Phi) is 4.41. The van der Waals surface area contributed by atoms with Crippen molar-refractivity contribution in [3.63, 3.8) is 0 Å². The minimum Gasteiger partial charge on any atom is -0.479 e. The van der Waals surface area contributed by atoms with Gasteiger partial charge in [0.05, 0.1) is 0 Å². The molecule has 0 aliphatic carbocycles. The van der Waals surface area contributed by atoms with Gasteiger partial charge in [-0.3, -0.25) is 0 Å². The maximum Gasteiger partial charge on any atom is 0.339 e. The zero-order valence-electron chi connectivity index (χ0n) is 10.00. The van der Waals surface area contributed by atoms with E-state index in [-0.39, 0.29) is 6.61 Å². The zero-order valence-corrected chi connectivity index (χ0v) is 10.00. The van der Waals surface area contributed by atoms with E-state index in [4.69, 9.17) is 21.3 Å². The number of hydrogen-bond acceptors (Lipinski definition) is 5. The van der Waals surface area contributed by atoms with Crippen molar-refractivity contribution in [1.29, 1.82) is 0 Å². The maximum atomic E-state index is 11.7. The largest absolute Gasteiger partial charge is 0.479 e. The first kappa shape index (κ1) is 14.1. The molecule has 2 unspecified atom stereocenters. The van der Waals surface area contributed by atoms with Crippen LogP contribution in [0.5, 0.6) is 0 Å². The van der Waals surface area contributed by atoms with E-state index in [1.807, 2.05) is 6.07 Å². The van der Waals surface area contributed by atoms with Crippen molar-refractivity contribution in [2.75, 3.05) is 0 Å². The summed E-state index contributed by atoms with van der Waals surface area (Å²) >= 11 is 0. The molecular formula is C12H16N2O4. The van der Waals surface area contributed by atoms with Crippen molar-refractivity contribution in [2.45, 2.75) is 25.1 Å². The second-order valence-corrected chi connectivity index (χ2v) is 4.02. The molecule has 0 heterocycles. The van der Waals surface area contributed by atoms with Crippen LogP contribution in [0.25, 0.3) is 0 Å². The van der Waals surface area contributed by atoms with Crippen LogP contribution in [0, 0.1) is 0 Å². The Balaban J connectivity index is 2.73.